The van der Waals surface area contributed by atoms with Gasteiger partial charge in [0.2, 0.25) is 17.7 Å². The van der Waals surface area contributed by atoms with Crippen LogP contribution in [0, 0.1) is 11.8 Å². The highest BCUT2D eigenvalue weighted by Gasteiger charge is 2.31. The summed E-state index contributed by atoms with van der Waals surface area (Å²) in [7, 11) is 0. The van der Waals surface area contributed by atoms with E-state index in [0.717, 1.165) is 0 Å². The van der Waals surface area contributed by atoms with Gasteiger partial charge in [0.1, 0.15) is 18.1 Å². The van der Waals surface area contributed by atoms with Crippen LogP contribution in [0.1, 0.15) is 34.1 Å². The van der Waals surface area contributed by atoms with E-state index in [4.69, 9.17) is 15.9 Å². The molecule has 0 heterocycles. The van der Waals surface area contributed by atoms with Gasteiger partial charge in [-0.05, 0) is 11.8 Å². The lowest BCUT2D eigenvalue weighted by molar-refractivity contribution is -0.143. The number of carboxylic acid groups (broad SMARTS) is 1. The number of aliphatic carboxylic acids is 1. The lowest BCUT2D eigenvalue weighted by atomic mass is 9.99. The molecular weight excluding hydrogens is 388 g/mol. The minimum absolute atomic E-state index is 0.0222. The highest BCUT2D eigenvalue weighted by molar-refractivity contribution is 7.80. The largest absolute Gasteiger partial charge is 0.480 e. The van der Waals surface area contributed by atoms with Crippen LogP contribution in [0.2, 0.25) is 0 Å². The van der Waals surface area contributed by atoms with Crippen molar-refractivity contribution in [3.8, 4) is 0 Å². The first-order valence-corrected chi connectivity index (χ1v) is 9.74. The van der Waals surface area contributed by atoms with E-state index in [1.165, 1.54) is 0 Å². The molecule has 0 radical (unpaired) electrons. The quantitative estimate of drug-likeness (QED) is 0.188. The summed E-state index contributed by atoms with van der Waals surface area (Å²) < 4.78 is 0. The molecule has 28 heavy (non-hydrogen) atoms. The predicted molar refractivity (Wildman–Crippen MR) is 107 cm³/mol. The molecule has 0 aromatic heterocycles. The molecule has 11 heteroatoms. The summed E-state index contributed by atoms with van der Waals surface area (Å²) in [6.07, 6.45) is 0.692. The first kappa shape index (κ1) is 26.1. The molecule has 0 aromatic carbocycles. The topological polar surface area (TPSA) is 171 Å². The van der Waals surface area contributed by atoms with Gasteiger partial charge in [0.05, 0.1) is 12.6 Å². The van der Waals surface area contributed by atoms with Crippen LogP contribution in [-0.2, 0) is 19.2 Å². The van der Waals surface area contributed by atoms with E-state index < -0.39 is 54.5 Å². The van der Waals surface area contributed by atoms with Crippen molar-refractivity contribution in [2.24, 2.45) is 17.6 Å². The lowest BCUT2D eigenvalue weighted by Gasteiger charge is -2.26. The number of carboxylic acids is 1. The Morgan fingerprint density at radius 2 is 1.50 bits per heavy atom. The van der Waals surface area contributed by atoms with Gasteiger partial charge in [-0.1, -0.05) is 34.1 Å². The smallest absolute Gasteiger partial charge is 0.328 e. The SMILES string of the molecule is CCC(C)C(N)C(=O)NC(CS)C(=O)NC(C(=O)NC(CO)C(=O)O)C(C)C. The number of hydrogen-bond donors (Lipinski definition) is 7. The third-order valence-electron chi connectivity index (χ3n) is 4.42. The zero-order valence-electron chi connectivity index (χ0n) is 16.6. The maximum absolute atomic E-state index is 12.5. The summed E-state index contributed by atoms with van der Waals surface area (Å²) >= 11 is 4.07. The summed E-state index contributed by atoms with van der Waals surface area (Å²) in [6, 6.07) is -4.36. The standard InChI is InChI=1S/C17H32N4O6S/c1-5-9(4)12(18)15(24)20-11(7-28)14(23)21-13(8(2)3)16(25)19-10(6-22)17(26)27/h8-13,22,28H,5-7,18H2,1-4H3,(H,19,25)(H,20,24)(H,21,23)(H,26,27). The summed E-state index contributed by atoms with van der Waals surface area (Å²) in [5.41, 5.74) is 5.86. The number of amides is 3. The molecule has 5 unspecified atom stereocenters. The molecule has 5 atom stereocenters. The molecule has 0 saturated carbocycles. The van der Waals surface area contributed by atoms with Crippen molar-refractivity contribution in [1.29, 1.82) is 0 Å². The molecule has 0 bridgehead atoms. The molecule has 0 saturated heterocycles. The van der Waals surface area contributed by atoms with Gasteiger partial charge >= 0.3 is 5.97 Å². The fraction of sp³-hybridized carbons (Fsp3) is 0.765. The zero-order chi connectivity index (χ0) is 22.0. The van der Waals surface area contributed by atoms with Crippen LogP contribution < -0.4 is 21.7 Å². The maximum atomic E-state index is 12.5. The number of nitrogens with two attached hydrogens (primary N) is 1. The summed E-state index contributed by atoms with van der Waals surface area (Å²) in [5, 5.41) is 25.1. The molecule has 7 N–H and O–H groups in total. The second-order valence-electron chi connectivity index (χ2n) is 6.97. The first-order chi connectivity index (χ1) is 13.0. The van der Waals surface area contributed by atoms with Gasteiger partial charge in [0.15, 0.2) is 0 Å². The fourth-order valence-corrected chi connectivity index (χ4v) is 2.47. The lowest BCUT2D eigenvalue weighted by Crippen LogP contribution is -2.59. The van der Waals surface area contributed by atoms with Crippen molar-refractivity contribution in [2.75, 3.05) is 12.4 Å². The Morgan fingerprint density at radius 1 is 0.964 bits per heavy atom. The molecule has 0 aliphatic heterocycles. The third-order valence-corrected chi connectivity index (χ3v) is 4.78. The van der Waals surface area contributed by atoms with E-state index in [9.17, 15) is 19.2 Å². The van der Waals surface area contributed by atoms with E-state index >= 15 is 0 Å². The number of rotatable bonds is 12. The van der Waals surface area contributed by atoms with Crippen molar-refractivity contribution >= 4 is 36.3 Å². The van der Waals surface area contributed by atoms with Crippen LogP contribution in [0.4, 0.5) is 0 Å². The third kappa shape index (κ3) is 8.03. The van der Waals surface area contributed by atoms with Crippen molar-refractivity contribution in [3.63, 3.8) is 0 Å². The number of carbonyl (C=O) groups is 4. The Morgan fingerprint density at radius 3 is 1.89 bits per heavy atom. The average Bonchev–Trinajstić information content (AvgIpc) is 2.65. The van der Waals surface area contributed by atoms with E-state index in [1.807, 2.05) is 13.8 Å². The van der Waals surface area contributed by atoms with Gasteiger partial charge in [0, 0.05) is 5.75 Å². The second kappa shape index (κ2) is 12.6. The number of aliphatic hydroxyl groups is 1. The predicted octanol–water partition coefficient (Wildman–Crippen LogP) is -1.52. The molecule has 10 nitrogen and oxygen atoms in total. The van der Waals surface area contributed by atoms with E-state index in [0.29, 0.717) is 6.42 Å². The number of thiol groups is 1. The number of carbonyl (C=O) groups excluding carboxylic acids is 3. The van der Waals surface area contributed by atoms with E-state index in [-0.39, 0.29) is 17.6 Å². The number of aliphatic hydroxyl groups excluding tert-OH is 1. The molecule has 0 rings (SSSR count). The zero-order valence-corrected chi connectivity index (χ0v) is 17.5. The van der Waals surface area contributed by atoms with Crippen LogP contribution in [0.25, 0.3) is 0 Å². The second-order valence-corrected chi connectivity index (χ2v) is 7.33. The van der Waals surface area contributed by atoms with Gasteiger partial charge in [-0.2, -0.15) is 12.6 Å². The Bertz CT molecular complexity index is 560. The molecule has 0 aromatic rings. The Labute approximate surface area is 170 Å². The van der Waals surface area contributed by atoms with Gasteiger partial charge in [-0.25, -0.2) is 4.79 Å². The average molecular weight is 421 g/mol. The molecule has 3 amide bonds. The fourth-order valence-electron chi connectivity index (χ4n) is 2.21. The Balaban J connectivity index is 5.12. The molecular formula is C17H32N4O6S. The molecule has 0 aliphatic carbocycles. The van der Waals surface area contributed by atoms with E-state index in [2.05, 4.69) is 28.6 Å². The van der Waals surface area contributed by atoms with Crippen molar-refractivity contribution in [3.05, 3.63) is 0 Å². The van der Waals surface area contributed by atoms with E-state index in [1.54, 1.807) is 13.8 Å². The number of hydrogen-bond acceptors (Lipinski definition) is 7. The molecule has 162 valence electrons. The highest BCUT2D eigenvalue weighted by atomic mass is 32.1. The summed E-state index contributed by atoms with van der Waals surface area (Å²) in [5.74, 6) is -3.79. The van der Waals surface area contributed by atoms with Crippen LogP contribution >= 0.6 is 12.6 Å². The first-order valence-electron chi connectivity index (χ1n) is 9.11. The highest BCUT2D eigenvalue weighted by Crippen LogP contribution is 2.07. The van der Waals surface area contributed by atoms with Crippen LogP contribution in [0.3, 0.4) is 0 Å². The van der Waals surface area contributed by atoms with Crippen molar-refractivity contribution < 1.29 is 29.4 Å². The molecule has 0 aliphatic rings. The van der Waals surface area contributed by atoms with Crippen molar-refractivity contribution in [2.45, 2.75) is 58.3 Å². The van der Waals surface area contributed by atoms with Gasteiger partial charge in [-0.3, -0.25) is 14.4 Å². The van der Waals surface area contributed by atoms with Crippen LogP contribution in [0.15, 0.2) is 0 Å². The van der Waals surface area contributed by atoms with Gasteiger partial charge < -0.3 is 31.9 Å². The number of nitrogens with one attached hydrogen (secondary N) is 3. The van der Waals surface area contributed by atoms with Crippen molar-refractivity contribution in [1.82, 2.24) is 16.0 Å². The minimum atomic E-state index is -1.49. The monoisotopic (exact) mass is 420 g/mol. The Hall–Kier alpha value is -1.85. The normalized spacial score (nSPS) is 16.4. The summed E-state index contributed by atoms with van der Waals surface area (Å²) in [4.78, 5) is 48.0. The van der Waals surface area contributed by atoms with Crippen LogP contribution in [-0.4, -0.2) is 70.4 Å². The van der Waals surface area contributed by atoms with Gasteiger partial charge in [0.25, 0.3) is 0 Å². The molecule has 0 fully saturated rings. The Kier molecular flexibility index (Phi) is 11.7. The molecule has 0 spiro atoms. The van der Waals surface area contributed by atoms with Crippen LogP contribution in [0.5, 0.6) is 0 Å². The van der Waals surface area contributed by atoms with Gasteiger partial charge in [-0.15, -0.1) is 0 Å². The summed E-state index contributed by atoms with van der Waals surface area (Å²) in [6.45, 7) is 6.24. The minimum Gasteiger partial charge on any atom is -0.480 e. The maximum Gasteiger partial charge on any atom is 0.328 e.